The molecule has 1 saturated carbocycles. The van der Waals surface area contributed by atoms with Gasteiger partial charge >= 0.3 is 0 Å². The van der Waals surface area contributed by atoms with E-state index in [1.54, 1.807) is 7.11 Å². The van der Waals surface area contributed by atoms with Crippen molar-refractivity contribution in [2.24, 2.45) is 5.73 Å². The summed E-state index contributed by atoms with van der Waals surface area (Å²) in [6.07, 6.45) is 3.55. The van der Waals surface area contributed by atoms with Gasteiger partial charge in [0.15, 0.2) is 0 Å². The number of nitrogens with two attached hydrogens (primary N) is 1. The summed E-state index contributed by atoms with van der Waals surface area (Å²) in [5.41, 5.74) is 8.74. The van der Waals surface area contributed by atoms with Crippen LogP contribution in [0, 0.1) is 0 Å². The van der Waals surface area contributed by atoms with E-state index in [1.807, 2.05) is 42.6 Å². The smallest absolute Gasteiger partial charge is 0.240 e. The van der Waals surface area contributed by atoms with E-state index in [0.717, 1.165) is 40.6 Å². The molecule has 1 unspecified atom stereocenters. The van der Waals surface area contributed by atoms with Crippen LogP contribution >= 0.6 is 0 Å². The number of hydrogen-bond donors (Lipinski definition) is 3. The van der Waals surface area contributed by atoms with E-state index in [9.17, 15) is 4.79 Å². The molecule has 3 aromatic rings. The van der Waals surface area contributed by atoms with Gasteiger partial charge in [0.25, 0.3) is 0 Å². The number of H-pyrrole nitrogens is 1. The number of benzene rings is 2. The molecule has 1 amide bonds. The molecule has 1 aliphatic carbocycles. The molecule has 1 atom stereocenters. The largest absolute Gasteiger partial charge is 0.497 e. The third-order valence-corrected chi connectivity index (χ3v) is 5.22. The zero-order chi connectivity index (χ0) is 18.1. The van der Waals surface area contributed by atoms with Gasteiger partial charge in [0, 0.05) is 29.6 Å². The van der Waals surface area contributed by atoms with E-state index in [1.165, 1.54) is 0 Å². The summed E-state index contributed by atoms with van der Waals surface area (Å²) >= 11 is 0. The number of aromatic amines is 1. The molecule has 4 N–H and O–H groups in total. The van der Waals surface area contributed by atoms with Gasteiger partial charge in [0.1, 0.15) is 5.75 Å². The number of rotatable bonds is 6. The van der Waals surface area contributed by atoms with E-state index in [-0.39, 0.29) is 11.8 Å². The molecule has 5 heteroatoms. The van der Waals surface area contributed by atoms with Crippen LogP contribution in [0.2, 0.25) is 0 Å². The molecule has 0 saturated heterocycles. The molecule has 26 heavy (non-hydrogen) atoms. The van der Waals surface area contributed by atoms with Crippen molar-refractivity contribution < 1.29 is 9.53 Å². The topological polar surface area (TPSA) is 80.1 Å². The fraction of sp³-hybridized carbons (Fsp3) is 0.286. The van der Waals surface area contributed by atoms with Crippen molar-refractivity contribution in [1.29, 1.82) is 0 Å². The van der Waals surface area contributed by atoms with Gasteiger partial charge in [0.2, 0.25) is 5.91 Å². The monoisotopic (exact) mass is 349 g/mol. The van der Waals surface area contributed by atoms with Gasteiger partial charge in [-0.05, 0) is 42.2 Å². The van der Waals surface area contributed by atoms with E-state index >= 15 is 0 Å². The first kappa shape index (κ1) is 16.7. The Morgan fingerprint density at radius 3 is 2.65 bits per heavy atom. The highest BCUT2D eigenvalue weighted by atomic mass is 16.5. The third-order valence-electron chi connectivity index (χ3n) is 5.22. The Morgan fingerprint density at radius 1 is 1.23 bits per heavy atom. The minimum absolute atomic E-state index is 0.0309. The third kappa shape index (κ3) is 3.06. The van der Waals surface area contributed by atoms with Crippen molar-refractivity contribution in [2.45, 2.75) is 24.3 Å². The first-order valence-corrected chi connectivity index (χ1v) is 8.88. The zero-order valence-corrected chi connectivity index (χ0v) is 14.8. The Hall–Kier alpha value is -2.79. The molecule has 4 rings (SSSR count). The maximum absolute atomic E-state index is 12.3. The minimum Gasteiger partial charge on any atom is -0.497 e. The summed E-state index contributed by atoms with van der Waals surface area (Å²) in [6.45, 7) is 0.506. The average Bonchev–Trinajstić information content (AvgIpc) is 3.30. The Kier molecular flexibility index (Phi) is 4.17. The van der Waals surface area contributed by atoms with Crippen molar-refractivity contribution in [3.63, 3.8) is 0 Å². The van der Waals surface area contributed by atoms with Crippen LogP contribution in [0.1, 0.15) is 29.9 Å². The molecule has 2 aromatic carbocycles. The summed E-state index contributed by atoms with van der Waals surface area (Å²) < 4.78 is 5.27. The number of fused-ring (bicyclic) bond motifs is 1. The fourth-order valence-corrected chi connectivity index (χ4v) is 3.36. The van der Waals surface area contributed by atoms with Gasteiger partial charge in [-0.2, -0.15) is 0 Å². The van der Waals surface area contributed by atoms with Crippen molar-refractivity contribution in [3.05, 3.63) is 65.9 Å². The lowest BCUT2D eigenvalue weighted by Gasteiger charge is -2.20. The number of amides is 1. The van der Waals surface area contributed by atoms with Gasteiger partial charge in [-0.3, -0.25) is 4.79 Å². The molecule has 1 aromatic heterocycles. The van der Waals surface area contributed by atoms with Gasteiger partial charge in [-0.1, -0.05) is 30.3 Å². The van der Waals surface area contributed by atoms with Crippen LogP contribution in [0.4, 0.5) is 0 Å². The predicted molar refractivity (Wildman–Crippen MR) is 102 cm³/mol. The summed E-state index contributed by atoms with van der Waals surface area (Å²) in [6, 6.07) is 16.2. The van der Waals surface area contributed by atoms with Gasteiger partial charge in [-0.15, -0.1) is 0 Å². The molecule has 0 bridgehead atoms. The lowest BCUT2D eigenvalue weighted by atomic mass is 9.90. The summed E-state index contributed by atoms with van der Waals surface area (Å²) in [5.74, 6) is 0.786. The number of hydrogen-bond acceptors (Lipinski definition) is 3. The van der Waals surface area contributed by atoms with Crippen LogP contribution in [0.15, 0.2) is 54.7 Å². The van der Waals surface area contributed by atoms with Gasteiger partial charge < -0.3 is 20.8 Å². The second-order valence-electron chi connectivity index (χ2n) is 6.98. The molecule has 0 spiro atoms. The highest BCUT2D eigenvalue weighted by Gasteiger charge is 2.45. The standard InChI is InChI=1S/C21H23N3O2/c1-26-15-8-6-14(7-9-15)17(12-24-20(25)21(22)10-11-21)18-13-23-19-5-3-2-4-16(18)19/h2-9,13,17,23H,10-12,22H2,1H3,(H,24,25). The Labute approximate surface area is 152 Å². The molecule has 5 nitrogen and oxygen atoms in total. The average molecular weight is 349 g/mol. The van der Waals surface area contributed by atoms with Crippen molar-refractivity contribution in [3.8, 4) is 5.75 Å². The lowest BCUT2D eigenvalue weighted by molar-refractivity contribution is -0.123. The number of para-hydroxylation sites is 1. The Morgan fingerprint density at radius 2 is 1.96 bits per heavy atom. The van der Waals surface area contributed by atoms with Crippen LogP contribution in [-0.4, -0.2) is 30.1 Å². The molecular formula is C21H23N3O2. The number of methoxy groups -OCH3 is 1. The fourth-order valence-electron chi connectivity index (χ4n) is 3.36. The second-order valence-corrected chi connectivity index (χ2v) is 6.98. The molecule has 0 aliphatic heterocycles. The highest BCUT2D eigenvalue weighted by molar-refractivity contribution is 5.89. The van der Waals surface area contributed by atoms with Crippen molar-refractivity contribution >= 4 is 16.8 Å². The highest BCUT2D eigenvalue weighted by Crippen LogP contribution is 2.34. The molecule has 134 valence electrons. The first-order valence-electron chi connectivity index (χ1n) is 8.88. The van der Waals surface area contributed by atoms with Gasteiger partial charge in [0.05, 0.1) is 12.6 Å². The number of aromatic nitrogens is 1. The number of nitrogens with one attached hydrogen (secondary N) is 2. The number of carbonyl (C=O) groups is 1. The molecule has 0 radical (unpaired) electrons. The zero-order valence-electron chi connectivity index (χ0n) is 14.8. The SMILES string of the molecule is COc1ccc(C(CNC(=O)C2(N)CC2)c2c[nH]c3ccccc23)cc1. The Bertz CT molecular complexity index is 926. The van der Waals surface area contributed by atoms with Crippen LogP contribution in [-0.2, 0) is 4.79 Å². The van der Waals surface area contributed by atoms with E-state index in [2.05, 4.69) is 22.4 Å². The van der Waals surface area contributed by atoms with Crippen molar-refractivity contribution in [1.82, 2.24) is 10.3 Å². The quantitative estimate of drug-likeness (QED) is 0.640. The predicted octanol–water partition coefficient (Wildman–Crippen LogP) is 2.92. The molecule has 1 aliphatic rings. The van der Waals surface area contributed by atoms with Crippen LogP contribution in [0.5, 0.6) is 5.75 Å². The number of ether oxygens (including phenoxy) is 1. The summed E-state index contributed by atoms with van der Waals surface area (Å²) in [5, 5.41) is 4.22. The molecule has 1 heterocycles. The van der Waals surface area contributed by atoms with E-state index in [0.29, 0.717) is 6.54 Å². The molecular weight excluding hydrogens is 326 g/mol. The van der Waals surface area contributed by atoms with Crippen LogP contribution in [0.3, 0.4) is 0 Å². The van der Waals surface area contributed by atoms with E-state index in [4.69, 9.17) is 10.5 Å². The molecule has 1 fully saturated rings. The normalized spacial score (nSPS) is 16.2. The second kappa shape index (κ2) is 6.50. The first-order chi connectivity index (χ1) is 12.6. The maximum Gasteiger partial charge on any atom is 0.240 e. The van der Waals surface area contributed by atoms with Crippen LogP contribution in [0.25, 0.3) is 10.9 Å². The number of carbonyl (C=O) groups excluding carboxylic acids is 1. The van der Waals surface area contributed by atoms with Gasteiger partial charge in [-0.25, -0.2) is 0 Å². The minimum atomic E-state index is -0.662. The maximum atomic E-state index is 12.3. The Balaban J connectivity index is 1.67. The van der Waals surface area contributed by atoms with Crippen LogP contribution < -0.4 is 15.8 Å². The summed E-state index contributed by atoms with van der Waals surface area (Å²) in [4.78, 5) is 15.7. The summed E-state index contributed by atoms with van der Waals surface area (Å²) in [7, 11) is 1.66. The van der Waals surface area contributed by atoms with Crippen molar-refractivity contribution in [2.75, 3.05) is 13.7 Å². The lowest BCUT2D eigenvalue weighted by Crippen LogP contribution is -2.44. The van der Waals surface area contributed by atoms with E-state index < -0.39 is 5.54 Å².